The number of ketones is 1. The molecular weight excluding hydrogens is 466 g/mol. The first-order valence-corrected chi connectivity index (χ1v) is 13.5. The van der Waals surface area contributed by atoms with E-state index in [9.17, 15) is 19.8 Å². The normalized spacial score (nSPS) is 37.5. The number of aliphatic hydroxyl groups excluding tert-OH is 2. The van der Waals surface area contributed by atoms with Crippen molar-refractivity contribution in [3.05, 3.63) is 21.7 Å². The van der Waals surface area contributed by atoms with Crippen LogP contribution in [0.15, 0.2) is 11.0 Å². The van der Waals surface area contributed by atoms with Crippen molar-refractivity contribution in [1.29, 1.82) is 0 Å². The summed E-state index contributed by atoms with van der Waals surface area (Å²) in [4.78, 5) is 30.8. The zero-order chi connectivity index (χ0) is 26.1. The Morgan fingerprint density at radius 3 is 2.49 bits per heavy atom. The van der Waals surface area contributed by atoms with E-state index < -0.39 is 35.1 Å². The van der Waals surface area contributed by atoms with Gasteiger partial charge in [0.1, 0.15) is 11.4 Å². The monoisotopic (exact) mass is 507 g/mol. The number of esters is 1. The third-order valence-electron chi connectivity index (χ3n) is 7.94. The lowest BCUT2D eigenvalue weighted by Gasteiger charge is -2.35. The number of hydrogen-bond acceptors (Lipinski definition) is 8. The summed E-state index contributed by atoms with van der Waals surface area (Å²) in [6, 6.07) is 0. The summed E-state index contributed by atoms with van der Waals surface area (Å²) in [7, 11) is 0. The second-order valence-electron chi connectivity index (χ2n) is 11.2. The molecule has 2 N–H and O–H groups in total. The largest absolute Gasteiger partial charge is 0.455 e. The molecule has 2 aliphatic heterocycles. The molecule has 0 unspecified atom stereocenters. The van der Waals surface area contributed by atoms with Crippen LogP contribution in [0.5, 0.6) is 0 Å². The van der Waals surface area contributed by atoms with Crippen LogP contribution in [0.1, 0.15) is 84.3 Å². The van der Waals surface area contributed by atoms with Gasteiger partial charge < -0.3 is 19.7 Å². The minimum Gasteiger partial charge on any atom is -0.455 e. The molecule has 0 amide bonds. The van der Waals surface area contributed by atoms with E-state index in [1.807, 2.05) is 39.2 Å². The number of fused-ring (bicyclic) bond motifs is 1. The van der Waals surface area contributed by atoms with Crippen molar-refractivity contribution in [2.75, 3.05) is 0 Å². The summed E-state index contributed by atoms with van der Waals surface area (Å²) in [5, 5.41) is 24.6. The fourth-order valence-electron chi connectivity index (χ4n) is 5.02. The predicted molar refractivity (Wildman–Crippen MR) is 136 cm³/mol. The van der Waals surface area contributed by atoms with Gasteiger partial charge in [0.05, 0.1) is 47.0 Å². The van der Waals surface area contributed by atoms with Gasteiger partial charge in [0.2, 0.25) is 0 Å². The Labute approximate surface area is 212 Å². The minimum absolute atomic E-state index is 0.0247. The Kier molecular flexibility index (Phi) is 8.62. The number of Topliss-reactive ketones (excluding diaryl/α,β-unsaturated/α-hetero) is 1. The summed E-state index contributed by atoms with van der Waals surface area (Å²) in [6.45, 7) is 12.6. The average molecular weight is 508 g/mol. The number of carbonyl (C=O) groups excluding carboxylic acids is 2. The maximum absolute atomic E-state index is 13.2. The predicted octanol–water partition coefficient (Wildman–Crippen LogP) is 4.48. The molecule has 3 rings (SSSR count). The summed E-state index contributed by atoms with van der Waals surface area (Å²) in [6.07, 6.45) is 2.64. The highest BCUT2D eigenvalue weighted by Crippen LogP contribution is 2.40. The third kappa shape index (κ3) is 6.59. The second kappa shape index (κ2) is 10.8. The Bertz CT molecular complexity index is 955. The number of aryl methyl sites for hydroxylation is 1. The van der Waals surface area contributed by atoms with Crippen molar-refractivity contribution in [2.24, 2.45) is 17.3 Å². The average Bonchev–Trinajstić information content (AvgIpc) is 3.37. The van der Waals surface area contributed by atoms with Crippen LogP contribution >= 0.6 is 11.3 Å². The molecule has 2 fully saturated rings. The van der Waals surface area contributed by atoms with Crippen LogP contribution in [0.4, 0.5) is 0 Å². The number of rotatable bonds is 2. The SMILES string of the molecule is CC(=Cc1csc(C)n1)[C@]1(C)C[C@@H]2O[C@@H]2CCC[C@H](C)[C@H](O)[C@@H](C)C(=O)C(C)(C)[C@@H](O)CC(=O)O1. The molecule has 0 aliphatic carbocycles. The van der Waals surface area contributed by atoms with E-state index in [2.05, 4.69) is 4.98 Å². The van der Waals surface area contributed by atoms with Crippen molar-refractivity contribution in [3.63, 3.8) is 0 Å². The molecule has 1 aromatic heterocycles. The number of thiazole rings is 1. The molecule has 8 heteroatoms. The molecule has 7 atom stereocenters. The van der Waals surface area contributed by atoms with E-state index in [1.54, 1.807) is 32.1 Å². The Morgan fingerprint density at radius 2 is 1.86 bits per heavy atom. The first-order chi connectivity index (χ1) is 16.2. The van der Waals surface area contributed by atoms with Crippen LogP contribution in [0.25, 0.3) is 6.08 Å². The van der Waals surface area contributed by atoms with Gasteiger partial charge in [-0.25, -0.2) is 4.98 Å². The molecule has 196 valence electrons. The van der Waals surface area contributed by atoms with Gasteiger partial charge in [-0.15, -0.1) is 11.3 Å². The molecule has 3 heterocycles. The number of aromatic nitrogens is 1. The molecular formula is C27H41NO6S. The topological polar surface area (TPSA) is 109 Å². The smallest absolute Gasteiger partial charge is 0.309 e. The van der Waals surface area contributed by atoms with Crippen LogP contribution in [0, 0.1) is 24.2 Å². The second-order valence-corrected chi connectivity index (χ2v) is 12.3. The highest BCUT2D eigenvalue weighted by atomic mass is 32.1. The van der Waals surface area contributed by atoms with Crippen molar-refractivity contribution in [3.8, 4) is 0 Å². The summed E-state index contributed by atoms with van der Waals surface area (Å²) >= 11 is 1.56. The van der Waals surface area contributed by atoms with Crippen LogP contribution < -0.4 is 0 Å². The fourth-order valence-corrected chi connectivity index (χ4v) is 5.59. The van der Waals surface area contributed by atoms with Gasteiger partial charge >= 0.3 is 5.97 Å². The third-order valence-corrected chi connectivity index (χ3v) is 8.73. The Hall–Kier alpha value is -1.61. The van der Waals surface area contributed by atoms with Crippen molar-refractivity contribution in [1.82, 2.24) is 4.98 Å². The van der Waals surface area contributed by atoms with Gasteiger partial charge in [0.15, 0.2) is 0 Å². The van der Waals surface area contributed by atoms with E-state index in [0.717, 1.165) is 35.5 Å². The molecule has 2 saturated heterocycles. The van der Waals surface area contributed by atoms with Crippen LogP contribution in [-0.4, -0.2) is 57.0 Å². The number of ether oxygens (including phenoxy) is 2. The fraction of sp³-hybridized carbons (Fsp3) is 0.741. The molecule has 1 aromatic rings. The van der Waals surface area contributed by atoms with Crippen molar-refractivity contribution in [2.45, 2.75) is 111 Å². The van der Waals surface area contributed by atoms with Gasteiger partial charge in [-0.3, -0.25) is 9.59 Å². The van der Waals surface area contributed by atoms with Gasteiger partial charge in [-0.2, -0.15) is 0 Å². The molecule has 0 bridgehead atoms. The van der Waals surface area contributed by atoms with Crippen LogP contribution in [0.2, 0.25) is 0 Å². The van der Waals surface area contributed by atoms with Crippen LogP contribution in [-0.2, 0) is 19.1 Å². The van der Waals surface area contributed by atoms with Crippen molar-refractivity contribution < 1.29 is 29.3 Å². The standard InChI is InChI=1S/C27H41NO6S/c1-15-9-8-10-20-21(33-20)13-27(7,16(2)11-19-14-35-18(4)28-19)34-23(30)12-22(29)26(5,6)25(32)17(3)24(15)31/h11,14-15,17,20-22,24,29,31H,8-10,12-13H2,1-7H3/t15-,17+,20+,21-,22-,24-,27-/m0/s1. The minimum atomic E-state index is -1.24. The molecule has 0 aromatic carbocycles. The Balaban J connectivity index is 1.87. The zero-order valence-electron chi connectivity index (χ0n) is 22.0. The van der Waals surface area contributed by atoms with Gasteiger partial charge in [0.25, 0.3) is 0 Å². The van der Waals surface area contributed by atoms with E-state index in [0.29, 0.717) is 6.42 Å². The molecule has 35 heavy (non-hydrogen) atoms. The van der Waals surface area contributed by atoms with Gasteiger partial charge in [-0.05, 0) is 51.2 Å². The van der Waals surface area contributed by atoms with Gasteiger partial charge in [-0.1, -0.05) is 34.1 Å². The lowest BCUT2D eigenvalue weighted by molar-refractivity contribution is -0.161. The quantitative estimate of drug-likeness (QED) is 0.449. The lowest BCUT2D eigenvalue weighted by Crippen LogP contribution is -2.46. The number of aliphatic hydroxyl groups is 2. The number of epoxide rings is 1. The first kappa shape index (κ1) is 28.0. The van der Waals surface area contributed by atoms with E-state index in [4.69, 9.17) is 9.47 Å². The summed E-state index contributed by atoms with van der Waals surface area (Å²) < 4.78 is 11.9. The highest BCUT2D eigenvalue weighted by Gasteiger charge is 2.47. The molecule has 0 saturated carbocycles. The van der Waals surface area contributed by atoms with Crippen molar-refractivity contribution >= 4 is 29.2 Å². The zero-order valence-corrected chi connectivity index (χ0v) is 22.9. The summed E-state index contributed by atoms with van der Waals surface area (Å²) in [5.41, 5.74) is -0.478. The molecule has 0 spiro atoms. The number of hydrogen-bond donors (Lipinski definition) is 2. The number of cyclic esters (lactones) is 1. The first-order valence-electron chi connectivity index (χ1n) is 12.6. The van der Waals surface area contributed by atoms with E-state index >= 15 is 0 Å². The maximum atomic E-state index is 13.2. The van der Waals surface area contributed by atoms with Crippen LogP contribution in [0.3, 0.4) is 0 Å². The number of carbonyl (C=O) groups is 2. The molecule has 2 aliphatic rings. The summed E-state index contributed by atoms with van der Waals surface area (Å²) in [5.74, 6) is -1.55. The molecule has 0 radical (unpaired) electrons. The maximum Gasteiger partial charge on any atom is 0.309 e. The Morgan fingerprint density at radius 1 is 1.17 bits per heavy atom. The number of nitrogens with zero attached hydrogens (tertiary/aromatic N) is 1. The highest BCUT2D eigenvalue weighted by molar-refractivity contribution is 7.09. The van der Waals surface area contributed by atoms with Gasteiger partial charge in [0, 0.05) is 17.7 Å². The van der Waals surface area contributed by atoms with E-state index in [1.165, 1.54) is 0 Å². The molecule has 7 nitrogen and oxygen atoms in total. The lowest BCUT2D eigenvalue weighted by atomic mass is 9.73. The van der Waals surface area contributed by atoms with E-state index in [-0.39, 0.29) is 30.3 Å².